The van der Waals surface area contributed by atoms with Crippen molar-refractivity contribution in [3.05, 3.63) is 62.6 Å². The predicted molar refractivity (Wildman–Crippen MR) is 100 cm³/mol. The summed E-state index contributed by atoms with van der Waals surface area (Å²) in [4.78, 5) is 23.9. The molecule has 1 aliphatic rings. The number of fused-ring (bicyclic) bond motifs is 1. The Kier molecular flexibility index (Phi) is 7.01. The summed E-state index contributed by atoms with van der Waals surface area (Å²) >= 11 is 12.5. The second kappa shape index (κ2) is 8.52. The van der Waals surface area contributed by atoms with Crippen molar-refractivity contribution in [2.24, 2.45) is 5.73 Å². The van der Waals surface area contributed by atoms with E-state index in [2.05, 4.69) is 0 Å². The van der Waals surface area contributed by atoms with Crippen molar-refractivity contribution in [2.75, 3.05) is 6.61 Å². The molecule has 3 rings (SSSR count). The Morgan fingerprint density at radius 1 is 1.30 bits per heavy atom. The van der Waals surface area contributed by atoms with Gasteiger partial charge in [-0.05, 0) is 36.1 Å². The number of carboxylic acid groups (broad SMARTS) is 1. The summed E-state index contributed by atoms with van der Waals surface area (Å²) < 4.78 is 5.20. The van der Waals surface area contributed by atoms with E-state index in [1.54, 1.807) is 6.07 Å². The zero-order valence-electron chi connectivity index (χ0n) is 16.0. The Labute approximate surface area is 190 Å². The van der Waals surface area contributed by atoms with Crippen molar-refractivity contribution in [3.63, 3.8) is 0 Å². The number of carbonyl (C=O) groups is 2. The van der Waals surface area contributed by atoms with Crippen molar-refractivity contribution >= 4 is 35.0 Å². The monoisotopic (exact) mass is 417 g/mol. The van der Waals surface area contributed by atoms with E-state index in [-0.39, 0.29) is 52.6 Å². The molecule has 0 heterocycles. The van der Waals surface area contributed by atoms with Crippen LogP contribution in [0.2, 0.25) is 10.0 Å². The van der Waals surface area contributed by atoms with Gasteiger partial charge in [-0.25, -0.2) is 4.79 Å². The molecule has 27 heavy (non-hydrogen) atoms. The molecule has 0 aromatic heterocycles. The Bertz CT molecular complexity index is 908. The van der Waals surface area contributed by atoms with Gasteiger partial charge in [-0.1, -0.05) is 47.5 Å². The minimum absolute atomic E-state index is 0. The van der Waals surface area contributed by atoms with Crippen molar-refractivity contribution in [2.45, 2.75) is 25.3 Å². The van der Waals surface area contributed by atoms with Gasteiger partial charge in [0.2, 0.25) is 0 Å². The predicted octanol–water partition coefficient (Wildman–Crippen LogP) is 0.729. The summed E-state index contributed by atoms with van der Waals surface area (Å²) in [6.07, 6.45) is 0.420. The number of hydrogen-bond acceptors (Lipinski definition) is 4. The third kappa shape index (κ3) is 4.04. The first-order valence-corrected chi connectivity index (χ1v) is 8.73. The number of carboxylic acids is 1. The first-order valence-electron chi connectivity index (χ1n) is 7.97. The van der Waals surface area contributed by atoms with Gasteiger partial charge < -0.3 is 17.0 Å². The molecule has 2 aromatic rings. The number of benzene rings is 2. The number of aliphatic carboxylic acids is 1. The fraction of sp³-hybridized carbons (Fsp3) is 0.263. The standard InChI is InChI=1S/C19H17Cl2NO4.Na.H/c1-19(12-4-2-10(8-22)3-5-12)7-11-6-13(26-9-14(23)24)16(20)17(21)15(11)18(19)25;;/h2-6H,7-9,22H2,1H3,(H,23,24);;/q;+1;-1. The molecule has 0 bridgehead atoms. The topological polar surface area (TPSA) is 89.6 Å². The molecular weight excluding hydrogens is 400 g/mol. The van der Waals surface area contributed by atoms with Crippen LogP contribution in [0.3, 0.4) is 0 Å². The number of nitrogens with two attached hydrogens (primary N) is 1. The number of rotatable bonds is 5. The summed E-state index contributed by atoms with van der Waals surface area (Å²) in [5, 5.41) is 8.92. The molecule has 3 N–H and O–H groups in total. The summed E-state index contributed by atoms with van der Waals surface area (Å²) in [7, 11) is 0. The minimum Gasteiger partial charge on any atom is -1.00 e. The molecular formula is C19H18Cl2NNaO4. The fourth-order valence-electron chi connectivity index (χ4n) is 3.26. The van der Waals surface area contributed by atoms with Gasteiger partial charge in [0.05, 0.1) is 10.4 Å². The van der Waals surface area contributed by atoms with Gasteiger partial charge in [0.25, 0.3) is 0 Å². The van der Waals surface area contributed by atoms with E-state index < -0.39 is 18.0 Å². The summed E-state index contributed by atoms with van der Waals surface area (Å²) in [5.41, 5.74) is 7.74. The van der Waals surface area contributed by atoms with E-state index in [1.165, 1.54) is 0 Å². The SMILES string of the molecule is CC1(c2ccc(CN)cc2)Cc2cc(OCC(=O)O)c(Cl)c(Cl)c2C1=O.[H-].[Na+]. The molecule has 138 valence electrons. The van der Waals surface area contributed by atoms with Crippen LogP contribution in [0, 0.1) is 0 Å². The van der Waals surface area contributed by atoms with Crippen molar-refractivity contribution < 1.29 is 50.4 Å². The average Bonchev–Trinajstić information content (AvgIpc) is 2.88. The van der Waals surface area contributed by atoms with Crippen LogP contribution in [-0.4, -0.2) is 23.5 Å². The zero-order valence-corrected chi connectivity index (χ0v) is 18.5. The third-order valence-electron chi connectivity index (χ3n) is 4.71. The Hall–Kier alpha value is -1.08. The van der Waals surface area contributed by atoms with E-state index in [1.807, 2.05) is 31.2 Å². The molecule has 5 nitrogen and oxygen atoms in total. The number of hydrogen-bond donors (Lipinski definition) is 2. The number of halogens is 2. The average molecular weight is 418 g/mol. The molecule has 0 radical (unpaired) electrons. The van der Waals surface area contributed by atoms with Gasteiger partial charge >= 0.3 is 35.5 Å². The molecule has 2 aromatic carbocycles. The molecule has 0 saturated carbocycles. The van der Waals surface area contributed by atoms with E-state index in [0.717, 1.165) is 11.1 Å². The Balaban J connectivity index is 0.00000196. The van der Waals surface area contributed by atoms with E-state index in [9.17, 15) is 9.59 Å². The molecule has 1 atom stereocenters. The normalized spacial score (nSPS) is 18.0. The molecule has 1 aliphatic carbocycles. The largest absolute Gasteiger partial charge is 1.00 e. The van der Waals surface area contributed by atoms with Gasteiger partial charge in [-0.3, -0.25) is 4.79 Å². The van der Waals surface area contributed by atoms with Crippen LogP contribution in [0.5, 0.6) is 5.75 Å². The van der Waals surface area contributed by atoms with Crippen LogP contribution in [0.1, 0.15) is 35.4 Å². The maximum Gasteiger partial charge on any atom is 1.00 e. The Morgan fingerprint density at radius 3 is 2.48 bits per heavy atom. The van der Waals surface area contributed by atoms with Crippen LogP contribution in [0.25, 0.3) is 0 Å². The van der Waals surface area contributed by atoms with Crippen LogP contribution in [0.4, 0.5) is 0 Å². The minimum atomic E-state index is -1.13. The molecule has 0 spiro atoms. The summed E-state index contributed by atoms with van der Waals surface area (Å²) in [5.74, 6) is -1.09. The van der Waals surface area contributed by atoms with Crippen molar-refractivity contribution in [1.29, 1.82) is 0 Å². The van der Waals surface area contributed by atoms with Crippen LogP contribution < -0.4 is 40.0 Å². The molecule has 0 amide bonds. The maximum absolute atomic E-state index is 13.1. The van der Waals surface area contributed by atoms with Gasteiger partial charge in [0.1, 0.15) is 10.8 Å². The van der Waals surface area contributed by atoms with E-state index in [0.29, 0.717) is 24.1 Å². The van der Waals surface area contributed by atoms with E-state index in [4.69, 9.17) is 38.8 Å². The number of ether oxygens (including phenoxy) is 1. The first kappa shape index (κ1) is 22.2. The smallest absolute Gasteiger partial charge is 1.00 e. The summed E-state index contributed by atoms with van der Waals surface area (Å²) in [6.45, 7) is 1.74. The van der Waals surface area contributed by atoms with Crippen molar-refractivity contribution in [3.8, 4) is 5.75 Å². The molecule has 8 heteroatoms. The first-order chi connectivity index (χ1) is 12.3. The summed E-state index contributed by atoms with van der Waals surface area (Å²) in [6, 6.07) is 9.18. The number of ketones is 1. The Morgan fingerprint density at radius 2 is 1.93 bits per heavy atom. The molecule has 0 fully saturated rings. The second-order valence-electron chi connectivity index (χ2n) is 6.46. The van der Waals surface area contributed by atoms with Gasteiger partial charge in [-0.2, -0.15) is 0 Å². The van der Waals surface area contributed by atoms with E-state index >= 15 is 0 Å². The fourth-order valence-corrected chi connectivity index (χ4v) is 3.76. The van der Waals surface area contributed by atoms with Crippen LogP contribution >= 0.6 is 23.2 Å². The second-order valence-corrected chi connectivity index (χ2v) is 7.21. The molecule has 0 saturated heterocycles. The number of carbonyl (C=O) groups excluding carboxylic acids is 1. The third-order valence-corrected chi connectivity index (χ3v) is 5.56. The zero-order chi connectivity index (χ0) is 19.1. The quantitative estimate of drug-likeness (QED) is 0.699. The van der Waals surface area contributed by atoms with Gasteiger partial charge in [0, 0.05) is 12.1 Å². The van der Waals surface area contributed by atoms with Gasteiger partial charge in [0.15, 0.2) is 12.4 Å². The van der Waals surface area contributed by atoms with Crippen LogP contribution in [-0.2, 0) is 23.2 Å². The molecule has 0 aliphatic heterocycles. The van der Waals surface area contributed by atoms with Crippen LogP contribution in [0.15, 0.2) is 30.3 Å². The van der Waals surface area contributed by atoms with Crippen molar-refractivity contribution in [1.82, 2.24) is 0 Å². The maximum atomic E-state index is 13.1. The van der Waals surface area contributed by atoms with Gasteiger partial charge in [-0.15, -0.1) is 0 Å². The molecule has 1 unspecified atom stereocenters. The number of Topliss-reactive ketones (excluding diaryl/α,β-unsaturated/α-hetero) is 1.